The van der Waals surface area contributed by atoms with Crippen LogP contribution < -0.4 is 0 Å². The number of benzene rings is 1. The fraction of sp³-hybridized carbons (Fsp3) is 0.571. The Labute approximate surface area is 117 Å². The lowest BCUT2D eigenvalue weighted by atomic mass is 10.2. The molecule has 0 spiro atoms. The molecule has 1 aromatic rings. The number of nitrogens with zero attached hydrogens (tertiary/aromatic N) is 1. The molecule has 0 saturated heterocycles. The predicted molar refractivity (Wildman–Crippen MR) is 77.4 cm³/mol. The molecule has 0 unspecified atom stereocenters. The van der Waals surface area contributed by atoms with Gasteiger partial charge in [-0.15, -0.1) is 0 Å². The van der Waals surface area contributed by atoms with Crippen LogP contribution in [0, 0.1) is 5.92 Å². The summed E-state index contributed by atoms with van der Waals surface area (Å²) in [5, 5.41) is 0.872. The molecule has 1 saturated carbocycles. The lowest BCUT2D eigenvalue weighted by Gasteiger charge is -2.22. The third-order valence-electron chi connectivity index (χ3n) is 3.16. The van der Waals surface area contributed by atoms with Crippen molar-refractivity contribution in [1.82, 2.24) is 4.90 Å². The number of halogens is 2. The Morgan fingerprint density at radius 2 is 2.18 bits per heavy atom. The van der Waals surface area contributed by atoms with Crippen LogP contribution in [0.4, 0.5) is 0 Å². The van der Waals surface area contributed by atoms with Crippen LogP contribution in [0.2, 0.25) is 5.02 Å². The molecule has 0 aliphatic heterocycles. The second-order valence-corrected chi connectivity index (χ2v) is 6.24. The van der Waals surface area contributed by atoms with Crippen molar-refractivity contribution in [3.05, 3.63) is 33.3 Å². The standard InChI is InChI=1S/C14H19BrClN/c1-2-7-17(9-11-3-4-11)10-12-5-6-13(15)8-14(12)16/h5-6,8,11H,2-4,7,9-10H2,1H3. The van der Waals surface area contributed by atoms with Gasteiger partial charge in [-0.2, -0.15) is 0 Å². The van der Waals surface area contributed by atoms with Crippen LogP contribution in [0.1, 0.15) is 31.7 Å². The van der Waals surface area contributed by atoms with Crippen molar-refractivity contribution >= 4 is 27.5 Å². The molecule has 1 fully saturated rings. The van der Waals surface area contributed by atoms with E-state index in [0.29, 0.717) is 0 Å². The van der Waals surface area contributed by atoms with Gasteiger partial charge in [-0.1, -0.05) is 40.5 Å². The lowest BCUT2D eigenvalue weighted by Crippen LogP contribution is -2.26. The Morgan fingerprint density at radius 3 is 2.76 bits per heavy atom. The minimum atomic E-state index is 0.872. The summed E-state index contributed by atoms with van der Waals surface area (Å²) in [5.41, 5.74) is 1.24. The van der Waals surface area contributed by atoms with Crippen molar-refractivity contribution < 1.29 is 0 Å². The van der Waals surface area contributed by atoms with Gasteiger partial charge in [0.1, 0.15) is 0 Å². The Kier molecular flexibility index (Phi) is 4.89. The van der Waals surface area contributed by atoms with E-state index in [2.05, 4.69) is 39.9 Å². The molecule has 1 aliphatic rings. The second-order valence-electron chi connectivity index (χ2n) is 4.91. The van der Waals surface area contributed by atoms with Gasteiger partial charge in [0, 0.05) is 22.6 Å². The van der Waals surface area contributed by atoms with E-state index in [1.165, 1.54) is 37.9 Å². The van der Waals surface area contributed by atoms with E-state index in [4.69, 9.17) is 11.6 Å². The van der Waals surface area contributed by atoms with E-state index in [1.807, 2.05) is 6.07 Å². The van der Waals surface area contributed by atoms with Crippen molar-refractivity contribution in [2.75, 3.05) is 13.1 Å². The van der Waals surface area contributed by atoms with E-state index < -0.39 is 0 Å². The normalized spacial score (nSPS) is 15.5. The van der Waals surface area contributed by atoms with Crippen LogP contribution in [0.5, 0.6) is 0 Å². The molecule has 0 atom stereocenters. The average molecular weight is 317 g/mol. The summed E-state index contributed by atoms with van der Waals surface area (Å²) < 4.78 is 1.05. The minimum Gasteiger partial charge on any atom is -0.299 e. The molecule has 0 N–H and O–H groups in total. The zero-order valence-electron chi connectivity index (χ0n) is 10.3. The highest BCUT2D eigenvalue weighted by atomic mass is 79.9. The van der Waals surface area contributed by atoms with Crippen LogP contribution in [-0.4, -0.2) is 18.0 Å². The maximum Gasteiger partial charge on any atom is 0.0462 e. The average Bonchev–Trinajstić information content (AvgIpc) is 3.06. The quantitative estimate of drug-likeness (QED) is 0.733. The summed E-state index contributed by atoms with van der Waals surface area (Å²) in [6, 6.07) is 6.18. The molecular weight excluding hydrogens is 298 g/mol. The predicted octanol–water partition coefficient (Wildman–Crippen LogP) is 4.72. The van der Waals surface area contributed by atoms with Gasteiger partial charge < -0.3 is 0 Å². The Balaban J connectivity index is 1.99. The first-order valence-corrected chi connectivity index (χ1v) is 7.52. The van der Waals surface area contributed by atoms with Gasteiger partial charge in [0.2, 0.25) is 0 Å². The first-order chi connectivity index (χ1) is 8.19. The summed E-state index contributed by atoms with van der Waals surface area (Å²) in [6.45, 7) is 5.63. The maximum atomic E-state index is 6.27. The maximum absolute atomic E-state index is 6.27. The number of hydrogen-bond donors (Lipinski definition) is 0. The summed E-state index contributed by atoms with van der Waals surface area (Å²) >= 11 is 9.71. The summed E-state index contributed by atoms with van der Waals surface area (Å²) in [5.74, 6) is 0.941. The lowest BCUT2D eigenvalue weighted by molar-refractivity contribution is 0.255. The van der Waals surface area contributed by atoms with Gasteiger partial charge in [-0.05, 0) is 49.4 Å². The van der Waals surface area contributed by atoms with Crippen molar-refractivity contribution in [3.8, 4) is 0 Å². The summed E-state index contributed by atoms with van der Waals surface area (Å²) in [4.78, 5) is 2.53. The molecule has 0 bridgehead atoms. The first kappa shape index (κ1) is 13.4. The third-order valence-corrected chi connectivity index (χ3v) is 4.01. The van der Waals surface area contributed by atoms with Crippen molar-refractivity contribution in [1.29, 1.82) is 0 Å². The second kappa shape index (κ2) is 6.21. The van der Waals surface area contributed by atoms with E-state index in [9.17, 15) is 0 Å². The Hall–Kier alpha value is -0.0500. The van der Waals surface area contributed by atoms with E-state index >= 15 is 0 Å². The Morgan fingerprint density at radius 1 is 1.41 bits per heavy atom. The highest BCUT2D eigenvalue weighted by Crippen LogP contribution is 2.31. The molecule has 0 amide bonds. The largest absolute Gasteiger partial charge is 0.299 e. The smallest absolute Gasteiger partial charge is 0.0462 e. The van der Waals surface area contributed by atoms with Gasteiger partial charge in [-0.3, -0.25) is 4.90 Å². The zero-order valence-corrected chi connectivity index (χ0v) is 12.6. The van der Waals surface area contributed by atoms with Crippen LogP contribution in [0.3, 0.4) is 0 Å². The number of rotatable bonds is 6. The zero-order chi connectivity index (χ0) is 12.3. The van der Waals surface area contributed by atoms with Crippen LogP contribution in [-0.2, 0) is 6.54 Å². The Bertz CT molecular complexity index is 376. The molecule has 3 heteroatoms. The molecule has 1 nitrogen and oxygen atoms in total. The van der Waals surface area contributed by atoms with Crippen molar-refractivity contribution in [2.45, 2.75) is 32.7 Å². The molecule has 94 valence electrons. The summed E-state index contributed by atoms with van der Waals surface area (Å²) in [7, 11) is 0. The molecule has 17 heavy (non-hydrogen) atoms. The van der Waals surface area contributed by atoms with E-state index in [-0.39, 0.29) is 0 Å². The van der Waals surface area contributed by atoms with Gasteiger partial charge in [0.25, 0.3) is 0 Å². The van der Waals surface area contributed by atoms with Gasteiger partial charge in [0.15, 0.2) is 0 Å². The number of hydrogen-bond acceptors (Lipinski definition) is 1. The van der Waals surface area contributed by atoms with E-state index in [0.717, 1.165) is 22.0 Å². The fourth-order valence-corrected chi connectivity index (χ4v) is 2.84. The molecule has 2 rings (SSSR count). The summed E-state index contributed by atoms with van der Waals surface area (Å²) in [6.07, 6.45) is 4.03. The molecule has 0 heterocycles. The minimum absolute atomic E-state index is 0.872. The van der Waals surface area contributed by atoms with Crippen LogP contribution in [0.25, 0.3) is 0 Å². The topological polar surface area (TPSA) is 3.24 Å². The third kappa shape index (κ3) is 4.27. The van der Waals surface area contributed by atoms with Gasteiger partial charge >= 0.3 is 0 Å². The van der Waals surface area contributed by atoms with Crippen LogP contribution >= 0.6 is 27.5 Å². The molecular formula is C14H19BrClN. The highest BCUT2D eigenvalue weighted by Gasteiger charge is 2.24. The van der Waals surface area contributed by atoms with Crippen molar-refractivity contribution in [3.63, 3.8) is 0 Å². The van der Waals surface area contributed by atoms with Crippen LogP contribution in [0.15, 0.2) is 22.7 Å². The fourth-order valence-electron chi connectivity index (χ4n) is 2.11. The van der Waals surface area contributed by atoms with Crippen molar-refractivity contribution in [2.24, 2.45) is 5.92 Å². The SMILES string of the molecule is CCCN(Cc1ccc(Br)cc1Cl)CC1CC1. The molecule has 1 aromatic carbocycles. The van der Waals surface area contributed by atoms with Gasteiger partial charge in [-0.25, -0.2) is 0 Å². The molecule has 0 radical (unpaired) electrons. The first-order valence-electron chi connectivity index (χ1n) is 6.35. The van der Waals surface area contributed by atoms with E-state index in [1.54, 1.807) is 0 Å². The monoisotopic (exact) mass is 315 g/mol. The highest BCUT2D eigenvalue weighted by molar-refractivity contribution is 9.10. The van der Waals surface area contributed by atoms with Gasteiger partial charge in [0.05, 0.1) is 0 Å². The molecule has 1 aliphatic carbocycles. The molecule has 0 aromatic heterocycles.